The van der Waals surface area contributed by atoms with Crippen LogP contribution < -0.4 is 10.6 Å². The van der Waals surface area contributed by atoms with E-state index in [1.165, 1.54) is 32.5 Å². The largest absolute Gasteiger partial charge is 0.369 e. The van der Waals surface area contributed by atoms with E-state index >= 15 is 0 Å². The summed E-state index contributed by atoms with van der Waals surface area (Å²) in [6.07, 6.45) is 7.41. The Morgan fingerprint density at radius 2 is 1.89 bits per heavy atom. The van der Waals surface area contributed by atoms with Crippen LogP contribution >= 0.6 is 0 Å². The fraction of sp³-hybridized carbons (Fsp3) is 0.692. The van der Waals surface area contributed by atoms with Gasteiger partial charge in [-0.15, -0.1) is 0 Å². The van der Waals surface area contributed by atoms with Crippen molar-refractivity contribution in [2.75, 3.05) is 43.4 Å². The molecule has 18 heavy (non-hydrogen) atoms. The van der Waals surface area contributed by atoms with Crippen LogP contribution in [0.2, 0.25) is 0 Å². The summed E-state index contributed by atoms with van der Waals surface area (Å²) < 4.78 is 0. The van der Waals surface area contributed by atoms with Crippen LogP contribution in [0.15, 0.2) is 12.4 Å². The number of nitrogens with zero attached hydrogens (tertiary/aromatic N) is 3. The predicted octanol–water partition coefficient (Wildman–Crippen LogP) is 1.81. The third-order valence-corrected chi connectivity index (χ3v) is 3.15. The zero-order valence-corrected chi connectivity index (χ0v) is 11.2. The maximum Gasteiger partial charge on any atom is 0.146 e. The Morgan fingerprint density at radius 3 is 2.61 bits per heavy atom. The SMILES string of the molecule is CCNc1cncc(NCCCN2CCCC2)n1. The van der Waals surface area contributed by atoms with Gasteiger partial charge in [-0.2, -0.15) is 0 Å². The smallest absolute Gasteiger partial charge is 0.146 e. The lowest BCUT2D eigenvalue weighted by atomic mass is 10.4. The molecule has 5 nitrogen and oxygen atoms in total. The molecule has 0 unspecified atom stereocenters. The molecule has 1 aliphatic heterocycles. The van der Waals surface area contributed by atoms with Gasteiger partial charge in [0.25, 0.3) is 0 Å². The van der Waals surface area contributed by atoms with E-state index in [4.69, 9.17) is 0 Å². The van der Waals surface area contributed by atoms with Crippen LogP contribution in [0.1, 0.15) is 26.2 Å². The molecule has 1 saturated heterocycles. The molecule has 2 rings (SSSR count). The van der Waals surface area contributed by atoms with Crippen molar-refractivity contribution in [2.45, 2.75) is 26.2 Å². The van der Waals surface area contributed by atoms with Crippen LogP contribution in [0.3, 0.4) is 0 Å². The van der Waals surface area contributed by atoms with Gasteiger partial charge in [0.15, 0.2) is 0 Å². The van der Waals surface area contributed by atoms with Gasteiger partial charge in [-0.3, -0.25) is 4.98 Å². The summed E-state index contributed by atoms with van der Waals surface area (Å²) in [5, 5.41) is 6.49. The van der Waals surface area contributed by atoms with E-state index < -0.39 is 0 Å². The zero-order valence-electron chi connectivity index (χ0n) is 11.2. The number of anilines is 2. The second-order valence-corrected chi connectivity index (χ2v) is 4.65. The van der Waals surface area contributed by atoms with Gasteiger partial charge in [-0.05, 0) is 45.8 Å². The summed E-state index contributed by atoms with van der Waals surface area (Å²) in [4.78, 5) is 11.1. The molecule has 1 aromatic heterocycles. The highest BCUT2D eigenvalue weighted by atomic mass is 15.1. The molecule has 0 radical (unpaired) electrons. The Balaban J connectivity index is 1.67. The fourth-order valence-electron chi connectivity index (χ4n) is 2.24. The van der Waals surface area contributed by atoms with Gasteiger partial charge in [-0.1, -0.05) is 0 Å². The molecule has 0 aromatic carbocycles. The first-order valence-corrected chi connectivity index (χ1v) is 6.90. The quantitative estimate of drug-likeness (QED) is 0.722. The average molecular weight is 249 g/mol. The molecule has 0 saturated carbocycles. The summed E-state index contributed by atoms with van der Waals surface area (Å²) in [6.45, 7) is 7.62. The van der Waals surface area contributed by atoms with Gasteiger partial charge in [0.05, 0.1) is 12.4 Å². The summed E-state index contributed by atoms with van der Waals surface area (Å²) >= 11 is 0. The van der Waals surface area contributed by atoms with E-state index in [9.17, 15) is 0 Å². The van der Waals surface area contributed by atoms with E-state index in [0.29, 0.717) is 0 Å². The molecule has 1 aromatic rings. The Kier molecular flexibility index (Phi) is 5.20. The van der Waals surface area contributed by atoms with Gasteiger partial charge < -0.3 is 15.5 Å². The second-order valence-electron chi connectivity index (χ2n) is 4.65. The lowest BCUT2D eigenvalue weighted by Crippen LogP contribution is -2.22. The molecule has 5 heteroatoms. The molecule has 1 aliphatic rings. The normalized spacial score (nSPS) is 15.8. The van der Waals surface area contributed by atoms with Crippen molar-refractivity contribution in [3.05, 3.63) is 12.4 Å². The van der Waals surface area contributed by atoms with Crippen molar-refractivity contribution in [3.63, 3.8) is 0 Å². The van der Waals surface area contributed by atoms with Gasteiger partial charge in [0, 0.05) is 13.1 Å². The van der Waals surface area contributed by atoms with E-state index in [1.807, 2.05) is 0 Å². The summed E-state index contributed by atoms with van der Waals surface area (Å²) in [6, 6.07) is 0. The van der Waals surface area contributed by atoms with Crippen LogP contribution in [-0.2, 0) is 0 Å². The number of likely N-dealkylation sites (tertiary alicyclic amines) is 1. The van der Waals surface area contributed by atoms with Crippen LogP contribution in [0.25, 0.3) is 0 Å². The molecule has 0 atom stereocenters. The molecular weight excluding hydrogens is 226 g/mol. The van der Waals surface area contributed by atoms with E-state index in [2.05, 4.69) is 32.4 Å². The van der Waals surface area contributed by atoms with Gasteiger partial charge in [-0.25, -0.2) is 4.98 Å². The number of hydrogen-bond acceptors (Lipinski definition) is 5. The Labute approximate surface area is 109 Å². The van der Waals surface area contributed by atoms with Crippen LogP contribution in [0.4, 0.5) is 11.6 Å². The third kappa shape index (κ3) is 4.14. The number of aromatic nitrogens is 2. The van der Waals surface area contributed by atoms with Crippen molar-refractivity contribution in [2.24, 2.45) is 0 Å². The van der Waals surface area contributed by atoms with Crippen molar-refractivity contribution in [1.82, 2.24) is 14.9 Å². The lowest BCUT2D eigenvalue weighted by molar-refractivity contribution is 0.337. The van der Waals surface area contributed by atoms with Crippen molar-refractivity contribution in [3.8, 4) is 0 Å². The summed E-state index contributed by atoms with van der Waals surface area (Å²) in [5.41, 5.74) is 0. The zero-order chi connectivity index (χ0) is 12.6. The standard InChI is InChI=1S/C13H23N5/c1-2-15-12-10-14-11-13(17-12)16-6-5-9-18-7-3-4-8-18/h10-11H,2-9H2,1H3,(H2,15,16,17). The lowest BCUT2D eigenvalue weighted by Gasteiger charge is -2.14. The van der Waals surface area contributed by atoms with Gasteiger partial charge >= 0.3 is 0 Å². The highest BCUT2D eigenvalue weighted by Gasteiger charge is 2.09. The molecule has 0 bridgehead atoms. The molecule has 0 aliphatic carbocycles. The third-order valence-electron chi connectivity index (χ3n) is 3.15. The Bertz CT molecular complexity index is 349. The predicted molar refractivity (Wildman–Crippen MR) is 75.0 cm³/mol. The summed E-state index contributed by atoms with van der Waals surface area (Å²) in [5.74, 6) is 1.69. The molecule has 1 fully saturated rings. The van der Waals surface area contributed by atoms with Crippen molar-refractivity contribution in [1.29, 1.82) is 0 Å². The maximum atomic E-state index is 4.43. The maximum absolute atomic E-state index is 4.43. The Hall–Kier alpha value is -1.36. The molecule has 2 heterocycles. The molecule has 100 valence electrons. The minimum absolute atomic E-state index is 0.835. The minimum Gasteiger partial charge on any atom is -0.369 e. The Morgan fingerprint density at radius 1 is 1.17 bits per heavy atom. The topological polar surface area (TPSA) is 53.1 Å². The molecule has 2 N–H and O–H groups in total. The molecule has 0 spiro atoms. The molecule has 0 amide bonds. The monoisotopic (exact) mass is 249 g/mol. The highest BCUT2D eigenvalue weighted by Crippen LogP contribution is 2.08. The minimum atomic E-state index is 0.835. The van der Waals surface area contributed by atoms with E-state index in [-0.39, 0.29) is 0 Å². The van der Waals surface area contributed by atoms with Crippen LogP contribution in [0, 0.1) is 0 Å². The first-order valence-electron chi connectivity index (χ1n) is 6.90. The van der Waals surface area contributed by atoms with Crippen molar-refractivity contribution < 1.29 is 0 Å². The fourth-order valence-corrected chi connectivity index (χ4v) is 2.24. The van der Waals surface area contributed by atoms with Gasteiger partial charge in [0.1, 0.15) is 11.6 Å². The average Bonchev–Trinajstić information content (AvgIpc) is 2.89. The highest BCUT2D eigenvalue weighted by molar-refractivity contribution is 5.41. The van der Waals surface area contributed by atoms with E-state index in [1.54, 1.807) is 12.4 Å². The number of hydrogen-bond donors (Lipinski definition) is 2. The van der Waals surface area contributed by atoms with Crippen LogP contribution in [-0.4, -0.2) is 47.6 Å². The van der Waals surface area contributed by atoms with Crippen LogP contribution in [0.5, 0.6) is 0 Å². The summed E-state index contributed by atoms with van der Waals surface area (Å²) in [7, 11) is 0. The van der Waals surface area contributed by atoms with Gasteiger partial charge in [0.2, 0.25) is 0 Å². The van der Waals surface area contributed by atoms with Crippen molar-refractivity contribution >= 4 is 11.6 Å². The first kappa shape index (κ1) is 13.1. The second kappa shape index (κ2) is 7.16. The first-order chi connectivity index (χ1) is 8.88. The van der Waals surface area contributed by atoms with E-state index in [0.717, 1.165) is 31.1 Å². The molecular formula is C13H23N5. The number of rotatable bonds is 7. The number of nitrogens with one attached hydrogen (secondary N) is 2.